The fourth-order valence-corrected chi connectivity index (χ4v) is 6.75. The van der Waals surface area contributed by atoms with Gasteiger partial charge in [-0.2, -0.15) is 0 Å². The molecular weight excluding hydrogens is 562 g/mol. The molecule has 0 fully saturated rings. The number of ether oxygens (including phenoxy) is 2. The van der Waals surface area contributed by atoms with Gasteiger partial charge in [-0.3, -0.25) is 14.4 Å². The Bertz CT molecular complexity index is 1540. The quantitative estimate of drug-likeness (QED) is 0.348. The highest BCUT2D eigenvalue weighted by atomic mass is 16.5. The molecule has 0 radical (unpaired) electrons. The van der Waals surface area contributed by atoms with E-state index < -0.39 is 17.9 Å². The zero-order valence-corrected chi connectivity index (χ0v) is 25.9. The van der Waals surface area contributed by atoms with Crippen LogP contribution in [0.25, 0.3) is 0 Å². The highest BCUT2D eigenvalue weighted by Crippen LogP contribution is 2.55. The van der Waals surface area contributed by atoms with E-state index in [9.17, 15) is 24.3 Å². The Morgan fingerprint density at radius 1 is 0.841 bits per heavy atom. The maximum atomic E-state index is 13.9. The minimum Gasteiger partial charge on any atom is -0.493 e. The van der Waals surface area contributed by atoms with E-state index in [2.05, 4.69) is 0 Å². The normalized spacial score (nSPS) is 19.4. The van der Waals surface area contributed by atoms with Crippen LogP contribution in [0.3, 0.4) is 0 Å². The van der Waals surface area contributed by atoms with Crippen molar-refractivity contribution < 1.29 is 38.9 Å². The average molecular weight is 602 g/mol. The summed E-state index contributed by atoms with van der Waals surface area (Å²) in [5.74, 6) is -1.69. The molecule has 0 aromatic heterocycles. The molecule has 9 nitrogen and oxygen atoms in total. The van der Waals surface area contributed by atoms with Gasteiger partial charge in [0, 0.05) is 47.8 Å². The summed E-state index contributed by atoms with van der Waals surface area (Å²) in [5, 5.41) is 18.7. The second kappa shape index (κ2) is 11.6. The first-order chi connectivity index (χ1) is 20.7. The Hall–Kier alpha value is -4.40. The van der Waals surface area contributed by atoms with Crippen molar-refractivity contribution in [2.75, 3.05) is 13.7 Å². The van der Waals surface area contributed by atoms with Crippen LogP contribution in [-0.4, -0.2) is 52.3 Å². The van der Waals surface area contributed by atoms with Gasteiger partial charge in [-0.25, -0.2) is 4.79 Å². The number of ketones is 2. The first-order valence-electron chi connectivity index (χ1n) is 14.8. The highest BCUT2D eigenvalue weighted by molar-refractivity contribution is 6.07. The molecule has 2 aliphatic carbocycles. The molecule has 0 unspecified atom stereocenters. The van der Waals surface area contributed by atoms with Crippen LogP contribution in [0.1, 0.15) is 87.2 Å². The van der Waals surface area contributed by atoms with Crippen LogP contribution in [0, 0.1) is 10.8 Å². The molecule has 0 atom stereocenters. The third-order valence-corrected chi connectivity index (χ3v) is 8.69. The number of rotatable bonds is 9. The van der Waals surface area contributed by atoms with E-state index in [1.54, 1.807) is 18.2 Å². The molecular formula is C35H39NO8. The van der Waals surface area contributed by atoms with E-state index in [0.29, 0.717) is 48.3 Å². The van der Waals surface area contributed by atoms with Crippen molar-refractivity contribution >= 4 is 23.5 Å². The fraction of sp³-hybridized carbons (Fsp3) is 0.429. The summed E-state index contributed by atoms with van der Waals surface area (Å²) in [7, 11) is 1.53. The van der Waals surface area contributed by atoms with Crippen LogP contribution in [-0.2, 0) is 21.0 Å². The zero-order chi connectivity index (χ0) is 32.0. The lowest BCUT2D eigenvalue weighted by Crippen LogP contribution is -2.45. The van der Waals surface area contributed by atoms with Crippen molar-refractivity contribution in [2.45, 2.75) is 72.3 Å². The minimum absolute atomic E-state index is 0.0325. The molecule has 5 rings (SSSR count). The van der Waals surface area contributed by atoms with E-state index in [4.69, 9.17) is 14.6 Å². The third kappa shape index (κ3) is 6.14. The molecule has 1 aliphatic heterocycles. The minimum atomic E-state index is -1.00. The highest BCUT2D eigenvalue weighted by Gasteiger charge is 2.49. The van der Waals surface area contributed by atoms with Crippen LogP contribution in [0.4, 0.5) is 0 Å². The summed E-state index contributed by atoms with van der Waals surface area (Å²) < 4.78 is 11.8. The number of Topliss-reactive ketones (excluding diaryl/α,β-unsaturated/α-hetero) is 2. The number of nitrogens with zero attached hydrogens (tertiary/aromatic N) is 1. The maximum Gasteiger partial charge on any atom is 0.335 e. The molecule has 0 saturated carbocycles. The molecule has 2 aromatic rings. The third-order valence-electron chi connectivity index (χ3n) is 8.69. The van der Waals surface area contributed by atoms with Crippen molar-refractivity contribution in [1.82, 2.24) is 4.90 Å². The summed E-state index contributed by atoms with van der Waals surface area (Å²) >= 11 is 0. The average Bonchev–Trinajstić information content (AvgIpc) is 2.93. The Labute approximate surface area is 257 Å². The Morgan fingerprint density at radius 3 is 1.91 bits per heavy atom. The van der Waals surface area contributed by atoms with Crippen molar-refractivity contribution in [3.05, 3.63) is 81.7 Å². The van der Waals surface area contributed by atoms with Gasteiger partial charge >= 0.3 is 11.9 Å². The van der Waals surface area contributed by atoms with E-state index in [-0.39, 0.29) is 47.5 Å². The van der Waals surface area contributed by atoms with Gasteiger partial charge < -0.3 is 24.6 Å². The summed E-state index contributed by atoms with van der Waals surface area (Å²) in [5.41, 5.74) is 3.83. The first-order valence-corrected chi connectivity index (χ1v) is 14.8. The lowest BCUT2D eigenvalue weighted by Gasteiger charge is -2.49. The predicted molar refractivity (Wildman–Crippen MR) is 163 cm³/mol. The standard InChI is InChI=1S/C35H39NO8/c1-34(2)15-23-31(25(37)17-34)30(32-24(36(23)13-12-29(39)40)16-35(3,4)18-26(32)38)22-10-11-27(28(14-22)43-5)44-19-20-6-8-21(9-7-20)33(41)42/h6-11,14,30H,12-13,15-19H2,1-5H3,(H,39,40)(H,41,42). The molecule has 0 spiro atoms. The van der Waals surface area contributed by atoms with Gasteiger partial charge in [-0.05, 0) is 59.1 Å². The van der Waals surface area contributed by atoms with Crippen LogP contribution < -0.4 is 9.47 Å². The first kappa shape index (κ1) is 31.0. The Kier molecular flexibility index (Phi) is 8.18. The van der Waals surface area contributed by atoms with Crippen LogP contribution in [0.5, 0.6) is 11.5 Å². The van der Waals surface area contributed by atoms with Crippen molar-refractivity contribution in [1.29, 1.82) is 0 Å². The van der Waals surface area contributed by atoms with Gasteiger partial charge in [0.1, 0.15) is 6.61 Å². The lowest BCUT2D eigenvalue weighted by atomic mass is 9.63. The molecule has 2 aromatic carbocycles. The molecule has 44 heavy (non-hydrogen) atoms. The van der Waals surface area contributed by atoms with Gasteiger partial charge in [0.25, 0.3) is 0 Å². The van der Waals surface area contributed by atoms with E-state index in [1.165, 1.54) is 19.2 Å². The Balaban J connectivity index is 1.58. The zero-order valence-electron chi connectivity index (χ0n) is 25.9. The molecule has 1 heterocycles. The van der Waals surface area contributed by atoms with Crippen LogP contribution in [0.2, 0.25) is 0 Å². The number of aromatic carboxylic acids is 1. The number of methoxy groups -OCH3 is 1. The summed E-state index contributed by atoms with van der Waals surface area (Å²) in [6.07, 6.45) is 1.73. The number of benzene rings is 2. The number of carboxylic acids is 2. The predicted octanol–water partition coefficient (Wildman–Crippen LogP) is 6.13. The monoisotopic (exact) mass is 601 g/mol. The molecule has 0 bridgehead atoms. The van der Waals surface area contributed by atoms with E-state index >= 15 is 0 Å². The van der Waals surface area contributed by atoms with Crippen molar-refractivity contribution in [3.8, 4) is 11.5 Å². The smallest absolute Gasteiger partial charge is 0.335 e. The largest absolute Gasteiger partial charge is 0.493 e. The Morgan fingerprint density at radius 2 is 1.41 bits per heavy atom. The number of aliphatic carboxylic acids is 1. The summed E-state index contributed by atoms with van der Waals surface area (Å²) in [4.78, 5) is 52.7. The van der Waals surface area contributed by atoms with Gasteiger partial charge in [-0.1, -0.05) is 45.9 Å². The van der Waals surface area contributed by atoms with Gasteiger partial charge in [-0.15, -0.1) is 0 Å². The molecule has 2 N–H and O–H groups in total. The van der Waals surface area contributed by atoms with Crippen LogP contribution in [0.15, 0.2) is 65.0 Å². The number of carbonyl (C=O) groups excluding carboxylic acids is 2. The van der Waals surface area contributed by atoms with Gasteiger partial charge in [0.2, 0.25) is 0 Å². The fourth-order valence-electron chi connectivity index (χ4n) is 6.75. The molecule has 0 amide bonds. The number of carbonyl (C=O) groups is 4. The summed E-state index contributed by atoms with van der Waals surface area (Å²) in [6, 6.07) is 11.9. The van der Waals surface area contributed by atoms with Gasteiger partial charge in [0.15, 0.2) is 23.1 Å². The second-order valence-electron chi connectivity index (χ2n) is 13.5. The SMILES string of the molecule is COc1cc(C2C3=C(CC(C)(C)CC3=O)N(CCC(=O)O)C3=C2C(=O)CC(C)(C)C3)ccc1OCc1ccc(C(=O)O)cc1. The molecule has 9 heteroatoms. The molecule has 232 valence electrons. The van der Waals surface area contributed by atoms with Crippen molar-refractivity contribution in [3.63, 3.8) is 0 Å². The maximum absolute atomic E-state index is 13.9. The van der Waals surface area contributed by atoms with Crippen molar-refractivity contribution in [2.24, 2.45) is 10.8 Å². The van der Waals surface area contributed by atoms with E-state index in [0.717, 1.165) is 22.5 Å². The number of carboxylic acid groups (broad SMARTS) is 2. The number of allylic oxidation sites excluding steroid dienone is 4. The topological polar surface area (TPSA) is 130 Å². The van der Waals surface area contributed by atoms with E-state index in [1.807, 2.05) is 44.7 Å². The van der Waals surface area contributed by atoms with Crippen LogP contribution >= 0.6 is 0 Å². The van der Waals surface area contributed by atoms with Gasteiger partial charge in [0.05, 0.1) is 19.1 Å². The second-order valence-corrected chi connectivity index (χ2v) is 13.5. The summed E-state index contributed by atoms with van der Waals surface area (Å²) in [6.45, 7) is 8.55. The molecule has 0 saturated heterocycles. The molecule has 3 aliphatic rings. The lowest BCUT2D eigenvalue weighted by molar-refractivity contribution is -0.137. The number of hydrogen-bond acceptors (Lipinski definition) is 7. The number of hydrogen-bond donors (Lipinski definition) is 2.